The van der Waals surface area contributed by atoms with Crippen LogP contribution in [0.4, 0.5) is 5.82 Å². The Balaban J connectivity index is 2.04. The summed E-state index contributed by atoms with van der Waals surface area (Å²) in [5.41, 5.74) is 0.841. The first kappa shape index (κ1) is 11.6. The summed E-state index contributed by atoms with van der Waals surface area (Å²) >= 11 is 5.69. The summed E-state index contributed by atoms with van der Waals surface area (Å²) in [5, 5.41) is 0. The first-order valence-corrected chi connectivity index (χ1v) is 6.45. The van der Waals surface area contributed by atoms with Gasteiger partial charge in [-0.1, -0.05) is 6.92 Å². The van der Waals surface area contributed by atoms with Gasteiger partial charge in [0.25, 0.3) is 0 Å². The number of hydrogen-bond donors (Lipinski definition) is 0. The minimum atomic E-state index is 0.435. The summed E-state index contributed by atoms with van der Waals surface area (Å²) in [6, 6.07) is 0. The fourth-order valence-electron chi connectivity index (χ4n) is 2.07. The Morgan fingerprint density at radius 3 is 2.88 bits per heavy atom. The van der Waals surface area contributed by atoms with Crippen molar-refractivity contribution < 1.29 is 0 Å². The monoisotopic (exact) mass is 239 g/mol. The van der Waals surface area contributed by atoms with Gasteiger partial charge >= 0.3 is 0 Å². The van der Waals surface area contributed by atoms with Crippen molar-refractivity contribution in [2.45, 2.75) is 32.1 Å². The molecule has 1 aliphatic rings. The molecular formula is C12H18ClN3. The molecule has 1 atom stereocenters. The van der Waals surface area contributed by atoms with Crippen LogP contribution in [0.3, 0.4) is 0 Å². The van der Waals surface area contributed by atoms with Crippen LogP contribution >= 0.6 is 11.6 Å². The average Bonchev–Trinajstić information content (AvgIpc) is 2.54. The molecule has 1 unspecified atom stereocenters. The number of anilines is 1. The smallest absolute Gasteiger partial charge is 0.147 e. The third kappa shape index (κ3) is 2.85. The van der Waals surface area contributed by atoms with Crippen LogP contribution in [0, 0.1) is 5.92 Å². The van der Waals surface area contributed by atoms with Crippen LogP contribution in [0.1, 0.15) is 31.9 Å². The predicted molar refractivity (Wildman–Crippen MR) is 66.8 cm³/mol. The molecule has 0 amide bonds. The standard InChI is InChI=1S/C12H18ClN3/c1-10-3-2-5-16(6-4-10)12-9-14-11(7-13)8-15-12/h8-10H,2-7H2,1H3. The number of hydrogen-bond acceptors (Lipinski definition) is 3. The lowest BCUT2D eigenvalue weighted by atomic mass is 10.0. The molecule has 0 spiro atoms. The van der Waals surface area contributed by atoms with E-state index in [1.807, 2.05) is 6.20 Å². The summed E-state index contributed by atoms with van der Waals surface area (Å²) in [7, 11) is 0. The number of rotatable bonds is 2. The van der Waals surface area contributed by atoms with Gasteiger partial charge in [-0.15, -0.1) is 11.6 Å². The van der Waals surface area contributed by atoms with E-state index in [9.17, 15) is 0 Å². The van der Waals surface area contributed by atoms with Crippen molar-refractivity contribution in [3.05, 3.63) is 18.1 Å². The lowest BCUT2D eigenvalue weighted by molar-refractivity contribution is 0.521. The Morgan fingerprint density at radius 2 is 2.19 bits per heavy atom. The van der Waals surface area contributed by atoms with Gasteiger partial charge in [0.2, 0.25) is 0 Å². The first-order valence-electron chi connectivity index (χ1n) is 5.91. The van der Waals surface area contributed by atoms with Gasteiger partial charge in [-0.05, 0) is 25.2 Å². The molecular weight excluding hydrogens is 222 g/mol. The van der Waals surface area contributed by atoms with Crippen molar-refractivity contribution in [3.63, 3.8) is 0 Å². The van der Waals surface area contributed by atoms with Gasteiger partial charge in [-0.3, -0.25) is 4.98 Å². The van der Waals surface area contributed by atoms with Crippen LogP contribution in [-0.4, -0.2) is 23.1 Å². The van der Waals surface area contributed by atoms with E-state index in [-0.39, 0.29) is 0 Å². The number of nitrogens with zero attached hydrogens (tertiary/aromatic N) is 3. The van der Waals surface area contributed by atoms with Crippen LogP contribution in [0.5, 0.6) is 0 Å². The van der Waals surface area contributed by atoms with Gasteiger partial charge in [0.15, 0.2) is 0 Å². The highest BCUT2D eigenvalue weighted by Gasteiger charge is 2.15. The second kappa shape index (κ2) is 5.48. The Kier molecular flexibility index (Phi) is 3.99. The number of aromatic nitrogens is 2. The zero-order chi connectivity index (χ0) is 11.4. The number of alkyl halides is 1. The predicted octanol–water partition coefficient (Wildman–Crippen LogP) is 2.84. The molecule has 0 saturated carbocycles. The summed E-state index contributed by atoms with van der Waals surface area (Å²) < 4.78 is 0. The zero-order valence-electron chi connectivity index (χ0n) is 9.69. The second-order valence-electron chi connectivity index (χ2n) is 4.52. The van der Waals surface area contributed by atoms with E-state index in [0.717, 1.165) is 30.5 Å². The zero-order valence-corrected chi connectivity index (χ0v) is 10.5. The molecule has 2 heterocycles. The third-order valence-corrected chi connectivity index (χ3v) is 3.44. The highest BCUT2D eigenvalue weighted by atomic mass is 35.5. The van der Waals surface area contributed by atoms with E-state index in [2.05, 4.69) is 21.8 Å². The minimum absolute atomic E-state index is 0.435. The van der Waals surface area contributed by atoms with Crippen LogP contribution in [0.15, 0.2) is 12.4 Å². The van der Waals surface area contributed by atoms with Crippen molar-refractivity contribution in [2.75, 3.05) is 18.0 Å². The maximum Gasteiger partial charge on any atom is 0.147 e. The topological polar surface area (TPSA) is 29.0 Å². The fraction of sp³-hybridized carbons (Fsp3) is 0.667. The summed E-state index contributed by atoms with van der Waals surface area (Å²) in [5.74, 6) is 2.26. The molecule has 1 aromatic heterocycles. The van der Waals surface area contributed by atoms with Gasteiger partial charge in [-0.2, -0.15) is 0 Å². The van der Waals surface area contributed by atoms with Gasteiger partial charge in [0.05, 0.1) is 24.0 Å². The molecule has 88 valence electrons. The highest BCUT2D eigenvalue weighted by molar-refractivity contribution is 6.16. The Labute approximate surface area is 102 Å². The second-order valence-corrected chi connectivity index (χ2v) is 4.79. The molecule has 0 N–H and O–H groups in total. The van der Waals surface area contributed by atoms with Crippen molar-refractivity contribution in [2.24, 2.45) is 5.92 Å². The maximum atomic E-state index is 5.69. The van der Waals surface area contributed by atoms with E-state index in [4.69, 9.17) is 11.6 Å². The molecule has 16 heavy (non-hydrogen) atoms. The molecule has 4 heteroatoms. The van der Waals surface area contributed by atoms with Crippen LogP contribution in [-0.2, 0) is 5.88 Å². The van der Waals surface area contributed by atoms with E-state index in [1.54, 1.807) is 6.20 Å². The quantitative estimate of drug-likeness (QED) is 0.744. The molecule has 0 aromatic carbocycles. The molecule has 1 saturated heterocycles. The molecule has 2 rings (SSSR count). The van der Waals surface area contributed by atoms with E-state index < -0.39 is 0 Å². The summed E-state index contributed by atoms with van der Waals surface area (Å²) in [4.78, 5) is 11.0. The van der Waals surface area contributed by atoms with Gasteiger partial charge in [0.1, 0.15) is 5.82 Å². The van der Waals surface area contributed by atoms with Crippen molar-refractivity contribution >= 4 is 17.4 Å². The third-order valence-electron chi connectivity index (χ3n) is 3.17. The minimum Gasteiger partial charge on any atom is -0.355 e. The molecule has 3 nitrogen and oxygen atoms in total. The lowest BCUT2D eigenvalue weighted by Gasteiger charge is -2.20. The fourth-order valence-corrected chi connectivity index (χ4v) is 2.21. The van der Waals surface area contributed by atoms with Crippen molar-refractivity contribution in [1.82, 2.24) is 9.97 Å². The van der Waals surface area contributed by atoms with Crippen LogP contribution in [0.2, 0.25) is 0 Å². The Morgan fingerprint density at radius 1 is 1.31 bits per heavy atom. The molecule has 0 bridgehead atoms. The Hall–Kier alpha value is -0.830. The van der Waals surface area contributed by atoms with Crippen LogP contribution in [0.25, 0.3) is 0 Å². The summed E-state index contributed by atoms with van der Waals surface area (Å²) in [6.07, 6.45) is 7.44. The SMILES string of the molecule is CC1CCCN(c2cnc(CCl)cn2)CC1. The molecule has 1 aromatic rings. The maximum absolute atomic E-state index is 5.69. The highest BCUT2D eigenvalue weighted by Crippen LogP contribution is 2.20. The Bertz CT molecular complexity index is 326. The molecule has 0 aliphatic carbocycles. The van der Waals surface area contributed by atoms with E-state index >= 15 is 0 Å². The van der Waals surface area contributed by atoms with Gasteiger partial charge in [0, 0.05) is 13.1 Å². The largest absolute Gasteiger partial charge is 0.355 e. The van der Waals surface area contributed by atoms with E-state index in [1.165, 1.54) is 19.3 Å². The normalized spacial score (nSPS) is 21.9. The molecule has 1 fully saturated rings. The molecule has 1 aliphatic heterocycles. The lowest BCUT2D eigenvalue weighted by Crippen LogP contribution is -2.25. The number of halogens is 1. The first-order chi connectivity index (χ1) is 7.79. The van der Waals surface area contributed by atoms with Crippen LogP contribution < -0.4 is 4.90 Å². The van der Waals surface area contributed by atoms with Gasteiger partial charge in [-0.25, -0.2) is 4.98 Å². The summed E-state index contributed by atoms with van der Waals surface area (Å²) in [6.45, 7) is 4.51. The van der Waals surface area contributed by atoms with Gasteiger partial charge < -0.3 is 4.90 Å². The van der Waals surface area contributed by atoms with Crippen molar-refractivity contribution in [3.8, 4) is 0 Å². The average molecular weight is 240 g/mol. The van der Waals surface area contributed by atoms with Crippen molar-refractivity contribution in [1.29, 1.82) is 0 Å². The van der Waals surface area contributed by atoms with E-state index in [0.29, 0.717) is 5.88 Å². The molecule has 0 radical (unpaired) electrons.